The number of aliphatic hydroxyl groups is 1. The van der Waals surface area contributed by atoms with Crippen molar-refractivity contribution in [2.45, 2.75) is 19.0 Å². The minimum atomic E-state index is -4.35. The molecule has 1 aliphatic carbocycles. The summed E-state index contributed by atoms with van der Waals surface area (Å²) in [4.78, 5) is 2.59. The Morgan fingerprint density at radius 3 is 2.56 bits per heavy atom. The van der Waals surface area contributed by atoms with Gasteiger partial charge in [0.15, 0.2) is 0 Å². The first-order chi connectivity index (χ1) is 7.47. The van der Waals surface area contributed by atoms with Crippen molar-refractivity contribution in [2.24, 2.45) is 5.92 Å². The fraction of sp³-hybridized carbons (Fsp3) is 0.364. The van der Waals surface area contributed by atoms with Crippen LogP contribution in [0.2, 0.25) is 0 Å². The van der Waals surface area contributed by atoms with Crippen molar-refractivity contribution in [3.8, 4) is 0 Å². The molecule has 1 aromatic carbocycles. The highest BCUT2D eigenvalue weighted by atomic mass is 19.4. The van der Waals surface area contributed by atoms with Crippen LogP contribution < -0.4 is 4.99 Å². The molecule has 0 bridgehead atoms. The number of rotatable bonds is 2. The quantitative estimate of drug-likeness (QED) is 0.589. The number of benzene rings is 1. The fourth-order valence-corrected chi connectivity index (χ4v) is 1.38. The second-order valence-electron chi connectivity index (χ2n) is 3.86. The minimum absolute atomic E-state index is 0.0549. The minimum Gasteiger partial charge on any atom is -0.463 e. The van der Waals surface area contributed by atoms with E-state index in [-0.39, 0.29) is 17.5 Å². The molecule has 0 aromatic heterocycles. The Hall–Kier alpha value is -1.52. The molecule has 1 fully saturated rings. The van der Waals surface area contributed by atoms with Crippen molar-refractivity contribution < 1.29 is 23.3 Å². The lowest BCUT2D eigenvalue weighted by atomic mass is 10.2. The molecule has 1 aromatic rings. The number of nitrogens with one attached hydrogen (secondary N) is 1. The average Bonchev–Trinajstić information content (AvgIpc) is 2.99. The molecule has 2 N–H and O–H groups in total. The van der Waals surface area contributed by atoms with Crippen molar-refractivity contribution in [1.29, 1.82) is 0 Å². The highest BCUT2D eigenvalue weighted by Gasteiger charge is 2.33. The molecule has 0 saturated heterocycles. The first-order valence-electron chi connectivity index (χ1n) is 4.97. The number of aliphatic hydroxyl groups excluding tert-OH is 1. The van der Waals surface area contributed by atoms with Gasteiger partial charge in [-0.15, -0.1) is 0 Å². The Kier molecular flexibility index (Phi) is 2.61. The van der Waals surface area contributed by atoms with Crippen LogP contribution in [0.1, 0.15) is 18.4 Å². The molecule has 0 heterocycles. The van der Waals surface area contributed by atoms with Crippen LogP contribution in [0.5, 0.6) is 0 Å². The van der Waals surface area contributed by atoms with Gasteiger partial charge in [0.2, 0.25) is 5.69 Å². The van der Waals surface area contributed by atoms with E-state index in [0.717, 1.165) is 25.0 Å². The van der Waals surface area contributed by atoms with Gasteiger partial charge in [-0.2, -0.15) is 18.2 Å². The maximum absolute atomic E-state index is 12.4. The van der Waals surface area contributed by atoms with Gasteiger partial charge in [0, 0.05) is 12.1 Å². The zero-order valence-corrected chi connectivity index (χ0v) is 8.38. The van der Waals surface area contributed by atoms with Crippen LogP contribution >= 0.6 is 0 Å². The second-order valence-corrected chi connectivity index (χ2v) is 3.86. The van der Waals surface area contributed by atoms with E-state index in [1.807, 2.05) is 0 Å². The Bertz CT molecular complexity index is 421. The summed E-state index contributed by atoms with van der Waals surface area (Å²) < 4.78 is 37.1. The molecule has 0 aliphatic heterocycles. The van der Waals surface area contributed by atoms with E-state index < -0.39 is 11.7 Å². The molecule has 1 saturated carbocycles. The average molecular weight is 230 g/mol. The Labute approximate surface area is 90.4 Å². The van der Waals surface area contributed by atoms with E-state index in [4.69, 9.17) is 0 Å². The monoisotopic (exact) mass is 230 g/mol. The van der Waals surface area contributed by atoms with E-state index in [9.17, 15) is 18.3 Å². The second kappa shape index (κ2) is 3.81. The number of hydrogen-bond acceptors (Lipinski definition) is 0. The van der Waals surface area contributed by atoms with Gasteiger partial charge in [-0.25, -0.2) is 0 Å². The third-order valence-corrected chi connectivity index (χ3v) is 2.43. The zero-order valence-electron chi connectivity index (χ0n) is 8.38. The SMILES string of the molecule is OC(=[NH+]c1cccc(C(F)(F)F)c1)C1CC1. The third-order valence-electron chi connectivity index (χ3n) is 2.43. The lowest BCUT2D eigenvalue weighted by Gasteiger charge is -2.04. The van der Waals surface area contributed by atoms with Crippen LogP contribution in [0.3, 0.4) is 0 Å². The van der Waals surface area contributed by atoms with Crippen molar-refractivity contribution in [3.05, 3.63) is 29.8 Å². The summed E-state index contributed by atoms with van der Waals surface area (Å²) in [7, 11) is 0. The highest BCUT2D eigenvalue weighted by Crippen LogP contribution is 2.30. The molecule has 16 heavy (non-hydrogen) atoms. The predicted octanol–water partition coefficient (Wildman–Crippen LogP) is 1.78. The first-order valence-corrected chi connectivity index (χ1v) is 4.97. The smallest absolute Gasteiger partial charge is 0.416 e. The van der Waals surface area contributed by atoms with Crippen LogP contribution in [-0.2, 0) is 6.18 Å². The van der Waals surface area contributed by atoms with E-state index in [1.165, 1.54) is 12.1 Å². The van der Waals surface area contributed by atoms with Crippen LogP contribution in [0.25, 0.3) is 0 Å². The maximum Gasteiger partial charge on any atom is 0.416 e. The van der Waals surface area contributed by atoms with Crippen LogP contribution in [0.4, 0.5) is 18.9 Å². The Morgan fingerprint density at radius 2 is 2.00 bits per heavy atom. The van der Waals surface area contributed by atoms with E-state index in [1.54, 1.807) is 0 Å². The molecule has 0 atom stereocenters. The molecule has 0 amide bonds. The number of hydrogen-bond donors (Lipinski definition) is 2. The zero-order chi connectivity index (χ0) is 11.8. The number of alkyl halides is 3. The van der Waals surface area contributed by atoms with Gasteiger partial charge in [0.1, 0.15) is 0 Å². The molecule has 0 spiro atoms. The molecule has 86 valence electrons. The van der Waals surface area contributed by atoms with Gasteiger partial charge in [-0.3, -0.25) is 0 Å². The van der Waals surface area contributed by atoms with Crippen LogP contribution in [0, 0.1) is 5.92 Å². The molecule has 2 nitrogen and oxygen atoms in total. The van der Waals surface area contributed by atoms with Gasteiger partial charge in [-0.1, -0.05) is 6.07 Å². The maximum atomic E-state index is 12.4. The van der Waals surface area contributed by atoms with Gasteiger partial charge in [0.05, 0.1) is 11.5 Å². The fourth-order valence-electron chi connectivity index (χ4n) is 1.38. The summed E-state index contributed by atoms with van der Waals surface area (Å²) in [6, 6.07) is 4.79. The molecule has 2 rings (SSSR count). The summed E-state index contributed by atoms with van der Waals surface area (Å²) in [6.45, 7) is 0. The van der Waals surface area contributed by atoms with Gasteiger partial charge in [0.25, 0.3) is 0 Å². The Morgan fingerprint density at radius 1 is 1.31 bits per heavy atom. The first kappa shape index (κ1) is 11.0. The molecule has 1 aliphatic rings. The molecule has 0 radical (unpaired) electrons. The highest BCUT2D eigenvalue weighted by molar-refractivity contribution is 5.74. The van der Waals surface area contributed by atoms with Crippen molar-refractivity contribution in [3.63, 3.8) is 0 Å². The lowest BCUT2D eigenvalue weighted by molar-refractivity contribution is -0.368. The van der Waals surface area contributed by atoms with Crippen molar-refractivity contribution >= 4 is 11.6 Å². The van der Waals surface area contributed by atoms with Crippen molar-refractivity contribution in [1.82, 2.24) is 0 Å². The van der Waals surface area contributed by atoms with Crippen LogP contribution in [0.15, 0.2) is 24.3 Å². The summed E-state index contributed by atoms with van der Waals surface area (Å²) in [5.41, 5.74) is -0.458. The summed E-state index contributed by atoms with van der Waals surface area (Å²) >= 11 is 0. The van der Waals surface area contributed by atoms with Gasteiger partial charge >= 0.3 is 12.1 Å². The molecule has 5 heteroatoms. The summed E-state index contributed by atoms with van der Waals surface area (Å²) in [5.74, 6) is 0.147. The third kappa shape index (κ3) is 2.53. The standard InChI is InChI=1S/C11H10F3NO/c12-11(13,14)8-2-1-3-9(6-8)15-10(16)7-4-5-7/h1-3,6-7H,4-5H2,(H,15,16)/p+1. The Balaban J connectivity index is 2.25. The predicted molar refractivity (Wildman–Crippen MR) is 52.4 cm³/mol. The molecule has 0 unspecified atom stereocenters. The topological polar surface area (TPSA) is 34.2 Å². The molecular formula is C11H11F3NO+. The normalized spacial score (nSPS) is 17.6. The van der Waals surface area contributed by atoms with E-state index >= 15 is 0 Å². The van der Waals surface area contributed by atoms with E-state index in [0.29, 0.717) is 0 Å². The van der Waals surface area contributed by atoms with Gasteiger partial charge < -0.3 is 5.11 Å². The lowest BCUT2D eigenvalue weighted by Crippen LogP contribution is -2.67. The summed E-state index contributed by atoms with van der Waals surface area (Å²) in [6.07, 6.45) is -2.58. The molecular weight excluding hydrogens is 219 g/mol. The van der Waals surface area contributed by atoms with Crippen LogP contribution in [-0.4, -0.2) is 11.0 Å². The van der Waals surface area contributed by atoms with E-state index in [2.05, 4.69) is 4.99 Å². The van der Waals surface area contributed by atoms with Gasteiger partial charge in [-0.05, 0) is 18.9 Å². The van der Waals surface area contributed by atoms with Crippen molar-refractivity contribution in [2.75, 3.05) is 0 Å². The number of halogens is 3. The largest absolute Gasteiger partial charge is 0.463 e. The summed E-state index contributed by atoms with van der Waals surface area (Å²) in [5, 5.41) is 9.46.